The first kappa shape index (κ1) is 8.90. The number of hydrogen-bond acceptors (Lipinski definition) is 5. The molecule has 1 aliphatic heterocycles. The molecule has 1 aliphatic rings. The summed E-state index contributed by atoms with van der Waals surface area (Å²) in [6.45, 7) is 1.83. The average Bonchev–Trinajstić information content (AvgIpc) is 2.69. The Morgan fingerprint density at radius 2 is 2.62 bits per heavy atom. The molecule has 1 N–H and O–H groups in total. The number of rotatable bonds is 3. The summed E-state index contributed by atoms with van der Waals surface area (Å²) in [7, 11) is 0. The van der Waals surface area contributed by atoms with E-state index in [0.29, 0.717) is 11.2 Å². The normalized spacial score (nSPS) is 22.9. The number of piperidine rings is 1. The summed E-state index contributed by atoms with van der Waals surface area (Å²) in [5, 5.41) is 4.09. The van der Waals surface area contributed by atoms with Crippen molar-refractivity contribution in [1.82, 2.24) is 14.7 Å². The largest absolute Gasteiger partial charge is 0.467 e. The highest BCUT2D eigenvalue weighted by atomic mass is 32.1. The maximum atomic E-state index is 5.47. The van der Waals surface area contributed by atoms with Gasteiger partial charge < -0.3 is 10.1 Å². The second-order valence-electron chi connectivity index (χ2n) is 3.17. The zero-order valence-corrected chi connectivity index (χ0v) is 8.22. The first-order chi connectivity index (χ1) is 6.45. The van der Waals surface area contributed by atoms with Crippen LogP contribution >= 0.6 is 11.5 Å². The lowest BCUT2D eigenvalue weighted by Crippen LogP contribution is -2.38. The van der Waals surface area contributed by atoms with Crippen LogP contribution in [0, 0.1) is 0 Å². The van der Waals surface area contributed by atoms with Crippen molar-refractivity contribution < 1.29 is 4.74 Å². The van der Waals surface area contributed by atoms with E-state index in [-0.39, 0.29) is 0 Å². The van der Waals surface area contributed by atoms with E-state index in [4.69, 9.17) is 4.74 Å². The Kier molecular flexibility index (Phi) is 3.10. The van der Waals surface area contributed by atoms with E-state index in [1.54, 1.807) is 0 Å². The second-order valence-corrected chi connectivity index (χ2v) is 3.91. The van der Waals surface area contributed by atoms with E-state index in [9.17, 15) is 0 Å². The molecule has 1 saturated heterocycles. The zero-order chi connectivity index (χ0) is 8.93. The molecule has 0 aromatic carbocycles. The topological polar surface area (TPSA) is 47.0 Å². The van der Waals surface area contributed by atoms with Crippen molar-refractivity contribution in [3.8, 4) is 5.19 Å². The molecule has 2 rings (SSSR count). The molecule has 2 heterocycles. The van der Waals surface area contributed by atoms with E-state index in [1.165, 1.54) is 37.1 Å². The van der Waals surface area contributed by atoms with Crippen LogP contribution in [0.15, 0.2) is 6.33 Å². The van der Waals surface area contributed by atoms with Gasteiger partial charge >= 0.3 is 0 Å². The van der Waals surface area contributed by atoms with Crippen LogP contribution in [0.5, 0.6) is 5.19 Å². The minimum atomic E-state index is 0.498. The maximum Gasteiger partial charge on any atom is 0.292 e. The van der Waals surface area contributed by atoms with Crippen molar-refractivity contribution in [1.29, 1.82) is 0 Å². The number of ether oxygens (including phenoxy) is 1. The van der Waals surface area contributed by atoms with Gasteiger partial charge in [-0.2, -0.15) is 9.36 Å². The fourth-order valence-electron chi connectivity index (χ4n) is 1.46. The van der Waals surface area contributed by atoms with Crippen LogP contribution in [0.3, 0.4) is 0 Å². The molecule has 1 fully saturated rings. The minimum Gasteiger partial charge on any atom is -0.467 e. The Labute approximate surface area is 81.5 Å². The highest BCUT2D eigenvalue weighted by Gasteiger charge is 2.13. The smallest absolute Gasteiger partial charge is 0.292 e. The van der Waals surface area contributed by atoms with Crippen molar-refractivity contribution >= 4 is 11.5 Å². The fourth-order valence-corrected chi connectivity index (χ4v) is 1.86. The first-order valence-electron chi connectivity index (χ1n) is 4.58. The van der Waals surface area contributed by atoms with Gasteiger partial charge in [-0.05, 0) is 19.4 Å². The van der Waals surface area contributed by atoms with Crippen molar-refractivity contribution in [2.75, 3.05) is 13.2 Å². The third kappa shape index (κ3) is 2.63. The van der Waals surface area contributed by atoms with Crippen LogP contribution in [0.1, 0.15) is 19.3 Å². The van der Waals surface area contributed by atoms with Crippen molar-refractivity contribution in [2.24, 2.45) is 0 Å². The van der Waals surface area contributed by atoms with Gasteiger partial charge in [-0.3, -0.25) is 0 Å². The summed E-state index contributed by atoms with van der Waals surface area (Å²) >= 11 is 1.30. The van der Waals surface area contributed by atoms with Gasteiger partial charge in [-0.1, -0.05) is 6.42 Å². The molecule has 0 aliphatic carbocycles. The average molecular weight is 199 g/mol. The Bertz CT molecular complexity index is 234. The van der Waals surface area contributed by atoms with Crippen LogP contribution in [-0.4, -0.2) is 28.6 Å². The zero-order valence-electron chi connectivity index (χ0n) is 7.40. The monoisotopic (exact) mass is 199 g/mol. The summed E-state index contributed by atoms with van der Waals surface area (Å²) in [5.41, 5.74) is 0. The summed E-state index contributed by atoms with van der Waals surface area (Å²) in [4.78, 5) is 3.96. The lowest BCUT2D eigenvalue weighted by molar-refractivity contribution is 0.238. The molecule has 4 nitrogen and oxygen atoms in total. The number of hydrogen-bond donors (Lipinski definition) is 1. The van der Waals surface area contributed by atoms with Gasteiger partial charge in [0, 0.05) is 17.6 Å². The first-order valence-corrected chi connectivity index (χ1v) is 5.35. The molecular formula is C8H13N3OS. The van der Waals surface area contributed by atoms with Crippen molar-refractivity contribution in [2.45, 2.75) is 25.3 Å². The Balaban J connectivity index is 1.72. The molecule has 1 unspecified atom stereocenters. The molecule has 0 amide bonds. The molecule has 1 aromatic rings. The molecule has 1 atom stereocenters. The van der Waals surface area contributed by atoms with Crippen molar-refractivity contribution in [3.05, 3.63) is 6.33 Å². The molecular weight excluding hydrogens is 186 g/mol. The predicted octanol–water partition coefficient (Wildman–Crippen LogP) is 1.06. The van der Waals surface area contributed by atoms with E-state index in [1.807, 2.05) is 0 Å². The van der Waals surface area contributed by atoms with Crippen LogP contribution in [0.4, 0.5) is 0 Å². The van der Waals surface area contributed by atoms with Gasteiger partial charge in [-0.25, -0.2) is 0 Å². The highest BCUT2D eigenvalue weighted by Crippen LogP contribution is 2.12. The summed E-state index contributed by atoms with van der Waals surface area (Å²) < 4.78 is 9.34. The van der Waals surface area contributed by atoms with Crippen LogP contribution in [0.25, 0.3) is 0 Å². The standard InChI is InChI=1S/C8H13N3OS/c1-2-4-9-7(3-1)5-12-8-10-6-11-13-8/h6-7,9H,1-5H2. The maximum absolute atomic E-state index is 5.47. The number of aromatic nitrogens is 2. The number of nitrogens with one attached hydrogen (secondary N) is 1. The van der Waals surface area contributed by atoms with E-state index < -0.39 is 0 Å². The van der Waals surface area contributed by atoms with E-state index in [0.717, 1.165) is 13.2 Å². The molecule has 0 saturated carbocycles. The Morgan fingerprint density at radius 3 is 3.31 bits per heavy atom. The van der Waals surface area contributed by atoms with Gasteiger partial charge in [0.25, 0.3) is 5.19 Å². The molecule has 0 bridgehead atoms. The molecule has 1 aromatic heterocycles. The van der Waals surface area contributed by atoms with E-state index >= 15 is 0 Å². The molecule has 5 heteroatoms. The van der Waals surface area contributed by atoms with Crippen LogP contribution < -0.4 is 10.1 Å². The lowest BCUT2D eigenvalue weighted by atomic mass is 10.1. The van der Waals surface area contributed by atoms with Crippen LogP contribution in [-0.2, 0) is 0 Å². The highest BCUT2D eigenvalue weighted by molar-refractivity contribution is 7.07. The van der Waals surface area contributed by atoms with Crippen LogP contribution in [0.2, 0.25) is 0 Å². The van der Waals surface area contributed by atoms with Gasteiger partial charge in [0.2, 0.25) is 0 Å². The molecule has 72 valence electrons. The number of nitrogens with zero attached hydrogens (tertiary/aromatic N) is 2. The van der Waals surface area contributed by atoms with Gasteiger partial charge in [0.15, 0.2) is 0 Å². The molecule has 0 spiro atoms. The third-order valence-corrected chi connectivity index (χ3v) is 2.74. The Hall–Kier alpha value is -0.680. The second kappa shape index (κ2) is 4.53. The van der Waals surface area contributed by atoms with E-state index in [2.05, 4.69) is 14.7 Å². The fraction of sp³-hybridized carbons (Fsp3) is 0.750. The lowest BCUT2D eigenvalue weighted by Gasteiger charge is -2.22. The van der Waals surface area contributed by atoms with Gasteiger partial charge in [0.05, 0.1) is 0 Å². The molecule has 0 radical (unpaired) electrons. The summed E-state index contributed by atoms with van der Waals surface area (Å²) in [6.07, 6.45) is 5.32. The van der Waals surface area contributed by atoms with Crippen molar-refractivity contribution in [3.63, 3.8) is 0 Å². The van der Waals surface area contributed by atoms with Gasteiger partial charge in [0.1, 0.15) is 12.9 Å². The quantitative estimate of drug-likeness (QED) is 0.790. The minimum absolute atomic E-state index is 0.498. The predicted molar refractivity (Wildman–Crippen MR) is 51.0 cm³/mol. The third-order valence-electron chi connectivity index (χ3n) is 2.16. The summed E-state index contributed by atoms with van der Waals surface area (Å²) in [6, 6.07) is 0.498. The molecule has 13 heavy (non-hydrogen) atoms. The summed E-state index contributed by atoms with van der Waals surface area (Å²) in [5.74, 6) is 0. The Morgan fingerprint density at radius 1 is 1.62 bits per heavy atom. The van der Waals surface area contributed by atoms with Gasteiger partial charge in [-0.15, -0.1) is 0 Å². The SMILES string of the molecule is c1nsc(OCC2CCCCN2)n1.